The first kappa shape index (κ1) is 23.6. The number of rotatable bonds is 7. The van der Waals surface area contributed by atoms with E-state index in [1.165, 1.54) is 0 Å². The lowest BCUT2D eigenvalue weighted by molar-refractivity contribution is -0.138. The fourth-order valence-corrected chi connectivity index (χ4v) is 2.73. The lowest BCUT2D eigenvalue weighted by Crippen LogP contribution is -2.36. The second-order valence-corrected chi connectivity index (χ2v) is 7.86. The second-order valence-electron chi connectivity index (χ2n) is 7.86. The van der Waals surface area contributed by atoms with Crippen molar-refractivity contribution >= 4 is 28.3 Å². The van der Waals surface area contributed by atoms with Crippen molar-refractivity contribution in [1.82, 2.24) is 0 Å². The molecule has 6 heteroatoms. The van der Waals surface area contributed by atoms with Gasteiger partial charge in [0.05, 0.1) is 6.04 Å². The van der Waals surface area contributed by atoms with Crippen molar-refractivity contribution < 1.29 is 14.7 Å². The zero-order valence-corrected chi connectivity index (χ0v) is 17.2. The average Bonchev–Trinajstić information content (AvgIpc) is 2.61. The summed E-state index contributed by atoms with van der Waals surface area (Å²) in [7, 11) is 0. The van der Waals surface area contributed by atoms with Gasteiger partial charge in [-0.15, -0.1) is 0 Å². The maximum absolute atomic E-state index is 11.9. The zero-order valence-electron chi connectivity index (χ0n) is 17.2. The fraction of sp³-hybridized carbons (Fsp3) is 0.455. The van der Waals surface area contributed by atoms with E-state index < -0.39 is 18.1 Å². The largest absolute Gasteiger partial charge is 0.480 e. The van der Waals surface area contributed by atoms with Crippen LogP contribution in [0.1, 0.15) is 40.5 Å². The van der Waals surface area contributed by atoms with E-state index in [1.807, 2.05) is 56.3 Å². The van der Waals surface area contributed by atoms with Crippen molar-refractivity contribution in [2.75, 3.05) is 5.32 Å². The number of benzene rings is 2. The summed E-state index contributed by atoms with van der Waals surface area (Å²) in [6, 6.07) is 12.8. The number of anilines is 1. The predicted molar refractivity (Wildman–Crippen MR) is 115 cm³/mol. The highest BCUT2D eigenvalue weighted by Crippen LogP contribution is 2.19. The van der Waals surface area contributed by atoms with Crippen LogP contribution in [0.2, 0.25) is 0 Å². The van der Waals surface area contributed by atoms with E-state index in [-0.39, 0.29) is 5.91 Å². The molecule has 0 aliphatic carbocycles. The van der Waals surface area contributed by atoms with Gasteiger partial charge < -0.3 is 21.9 Å². The van der Waals surface area contributed by atoms with Crippen LogP contribution in [0.4, 0.5) is 5.69 Å². The number of amides is 1. The first-order valence-corrected chi connectivity index (χ1v) is 9.63. The molecule has 2 rings (SSSR count). The van der Waals surface area contributed by atoms with Gasteiger partial charge >= 0.3 is 5.97 Å². The van der Waals surface area contributed by atoms with Gasteiger partial charge in [-0.05, 0) is 47.6 Å². The Morgan fingerprint density at radius 3 is 1.93 bits per heavy atom. The normalized spacial score (nSPS) is 13.0. The van der Waals surface area contributed by atoms with Crippen LogP contribution in [0.3, 0.4) is 0 Å². The summed E-state index contributed by atoms with van der Waals surface area (Å²) in [6.45, 7) is 8.01. The average molecular weight is 388 g/mol. The van der Waals surface area contributed by atoms with Crippen LogP contribution in [-0.2, 0) is 9.59 Å². The van der Waals surface area contributed by atoms with Gasteiger partial charge in [0.15, 0.2) is 0 Å². The van der Waals surface area contributed by atoms with E-state index in [0.717, 1.165) is 16.5 Å². The van der Waals surface area contributed by atoms with Crippen molar-refractivity contribution in [1.29, 1.82) is 0 Å². The third-order valence-corrected chi connectivity index (χ3v) is 4.12. The lowest BCUT2D eigenvalue weighted by atomic mass is 10.0. The summed E-state index contributed by atoms with van der Waals surface area (Å²) in [5.74, 6) is -0.263. The van der Waals surface area contributed by atoms with E-state index in [1.54, 1.807) is 0 Å². The Kier molecular flexibility index (Phi) is 9.62. The number of nitrogens with one attached hydrogen (secondary N) is 1. The highest BCUT2D eigenvalue weighted by molar-refractivity contribution is 5.97. The summed E-state index contributed by atoms with van der Waals surface area (Å²) < 4.78 is 0. The molecular formula is C22H33N3O3. The molecule has 2 atom stereocenters. The van der Waals surface area contributed by atoms with Gasteiger partial charge in [-0.2, -0.15) is 0 Å². The standard InChI is InChI=1S/C16H20N2O.C6H13NO2/c1-11(2)9-15(17)16(19)18-14-8-7-12-5-3-4-6-13(12)10-14;1-4(2)3-5(7)6(8)9/h3-8,10-11,15H,9,17H2,1-2H3,(H,18,19);4-5H,3,7H2,1-2H3,(H,8,9)/t15-;5-/m00/s1. The number of hydrogen-bond donors (Lipinski definition) is 4. The van der Waals surface area contributed by atoms with Crippen LogP contribution in [-0.4, -0.2) is 29.1 Å². The Labute approximate surface area is 167 Å². The Morgan fingerprint density at radius 2 is 1.43 bits per heavy atom. The van der Waals surface area contributed by atoms with Crippen molar-refractivity contribution in [3.05, 3.63) is 42.5 Å². The molecule has 28 heavy (non-hydrogen) atoms. The minimum atomic E-state index is -0.913. The summed E-state index contributed by atoms with van der Waals surface area (Å²) in [6.07, 6.45) is 1.24. The topological polar surface area (TPSA) is 118 Å². The lowest BCUT2D eigenvalue weighted by Gasteiger charge is -2.14. The second kappa shape index (κ2) is 11.4. The molecule has 0 fully saturated rings. The number of fused-ring (bicyclic) bond motifs is 1. The fourth-order valence-electron chi connectivity index (χ4n) is 2.73. The number of carbonyl (C=O) groups excluding carboxylic acids is 1. The van der Waals surface area contributed by atoms with Crippen LogP contribution in [0.25, 0.3) is 10.8 Å². The van der Waals surface area contributed by atoms with E-state index in [2.05, 4.69) is 19.2 Å². The number of aliphatic carboxylic acids is 1. The van der Waals surface area contributed by atoms with Crippen LogP contribution in [0.5, 0.6) is 0 Å². The maximum atomic E-state index is 11.9. The van der Waals surface area contributed by atoms with Crippen LogP contribution in [0, 0.1) is 11.8 Å². The Morgan fingerprint density at radius 1 is 0.893 bits per heavy atom. The summed E-state index contributed by atoms with van der Waals surface area (Å²) in [5, 5.41) is 13.4. The molecule has 0 aromatic heterocycles. The molecule has 0 bridgehead atoms. The summed E-state index contributed by atoms with van der Waals surface area (Å²) in [4.78, 5) is 22.1. The van der Waals surface area contributed by atoms with Crippen LogP contribution in [0.15, 0.2) is 42.5 Å². The first-order valence-electron chi connectivity index (χ1n) is 9.63. The summed E-state index contributed by atoms with van der Waals surface area (Å²) in [5.41, 5.74) is 11.9. The third kappa shape index (κ3) is 8.50. The van der Waals surface area contributed by atoms with Crippen LogP contribution >= 0.6 is 0 Å². The molecule has 0 heterocycles. The van der Waals surface area contributed by atoms with Crippen molar-refractivity contribution in [2.45, 2.75) is 52.6 Å². The van der Waals surface area contributed by atoms with E-state index >= 15 is 0 Å². The van der Waals surface area contributed by atoms with Gasteiger partial charge in [0.25, 0.3) is 0 Å². The predicted octanol–water partition coefficient (Wildman–Crippen LogP) is 3.60. The Bertz CT molecular complexity index is 774. The van der Waals surface area contributed by atoms with Crippen molar-refractivity contribution in [3.8, 4) is 0 Å². The molecule has 0 aliphatic rings. The molecule has 0 radical (unpaired) electrons. The van der Waals surface area contributed by atoms with Gasteiger partial charge in [0.2, 0.25) is 5.91 Å². The molecule has 6 N–H and O–H groups in total. The van der Waals surface area contributed by atoms with Gasteiger partial charge in [0.1, 0.15) is 6.04 Å². The molecule has 0 aliphatic heterocycles. The minimum Gasteiger partial charge on any atom is -0.480 e. The van der Waals surface area contributed by atoms with E-state index in [0.29, 0.717) is 24.7 Å². The molecule has 154 valence electrons. The SMILES string of the molecule is CC(C)C[C@H](N)C(=O)Nc1ccc2ccccc2c1.CC(C)C[C@H](N)C(=O)O. The highest BCUT2D eigenvalue weighted by atomic mass is 16.4. The molecule has 0 saturated carbocycles. The molecular weight excluding hydrogens is 354 g/mol. The number of carbonyl (C=O) groups is 2. The molecule has 1 amide bonds. The third-order valence-electron chi connectivity index (χ3n) is 4.12. The van der Waals surface area contributed by atoms with E-state index in [9.17, 15) is 9.59 Å². The minimum absolute atomic E-state index is 0.121. The zero-order chi connectivity index (χ0) is 21.3. The molecule has 2 aromatic carbocycles. The monoisotopic (exact) mass is 387 g/mol. The highest BCUT2D eigenvalue weighted by Gasteiger charge is 2.15. The molecule has 0 spiro atoms. The molecule has 0 saturated heterocycles. The Balaban J connectivity index is 0.000000370. The van der Waals surface area contributed by atoms with Gasteiger partial charge in [-0.25, -0.2) is 0 Å². The van der Waals surface area contributed by atoms with Gasteiger partial charge in [-0.1, -0.05) is 58.0 Å². The quantitative estimate of drug-likeness (QED) is 0.579. The van der Waals surface area contributed by atoms with E-state index in [4.69, 9.17) is 16.6 Å². The number of nitrogens with two attached hydrogens (primary N) is 2. The van der Waals surface area contributed by atoms with Crippen LogP contribution < -0.4 is 16.8 Å². The summed E-state index contributed by atoms with van der Waals surface area (Å²) >= 11 is 0. The number of carboxylic acid groups (broad SMARTS) is 1. The molecule has 2 aromatic rings. The first-order chi connectivity index (χ1) is 13.1. The Hall–Kier alpha value is -2.44. The molecule has 0 unspecified atom stereocenters. The van der Waals surface area contributed by atoms with Gasteiger partial charge in [0, 0.05) is 5.69 Å². The van der Waals surface area contributed by atoms with Crippen molar-refractivity contribution in [3.63, 3.8) is 0 Å². The maximum Gasteiger partial charge on any atom is 0.320 e. The smallest absolute Gasteiger partial charge is 0.320 e. The number of hydrogen-bond acceptors (Lipinski definition) is 4. The van der Waals surface area contributed by atoms with Crippen molar-refractivity contribution in [2.24, 2.45) is 23.3 Å². The molecule has 6 nitrogen and oxygen atoms in total. The number of carboxylic acids is 1. The van der Waals surface area contributed by atoms with Gasteiger partial charge in [-0.3, -0.25) is 9.59 Å².